The van der Waals surface area contributed by atoms with E-state index in [4.69, 9.17) is 0 Å². The van der Waals surface area contributed by atoms with Gasteiger partial charge in [-0.1, -0.05) is 30.3 Å². The predicted molar refractivity (Wildman–Crippen MR) is 92.5 cm³/mol. The van der Waals surface area contributed by atoms with Crippen molar-refractivity contribution in [2.24, 2.45) is 0 Å². The summed E-state index contributed by atoms with van der Waals surface area (Å²) in [4.78, 5) is 13.1. The third kappa shape index (κ3) is 3.14. The molecule has 0 radical (unpaired) electrons. The van der Waals surface area contributed by atoms with E-state index < -0.39 is 0 Å². The van der Waals surface area contributed by atoms with Crippen LogP contribution < -0.4 is 10.6 Å². The molecule has 1 aliphatic heterocycles. The number of benzene rings is 1. The van der Waals surface area contributed by atoms with Crippen molar-refractivity contribution in [3.8, 4) is 0 Å². The van der Waals surface area contributed by atoms with E-state index in [0.29, 0.717) is 0 Å². The van der Waals surface area contributed by atoms with Crippen molar-refractivity contribution < 1.29 is 0 Å². The highest BCUT2D eigenvalue weighted by Gasteiger charge is 2.19. The molecule has 4 rings (SSSR count). The highest BCUT2D eigenvalue weighted by molar-refractivity contribution is 5.49. The van der Waals surface area contributed by atoms with Crippen LogP contribution in [0.15, 0.2) is 55.4 Å². The highest BCUT2D eigenvalue weighted by atomic mass is 15.1. The monoisotopic (exact) mass is 320 g/mol. The Bertz CT molecular complexity index is 785. The lowest BCUT2D eigenvalue weighted by Crippen LogP contribution is -2.27. The second kappa shape index (κ2) is 6.80. The first kappa shape index (κ1) is 14.8. The molecule has 6 nitrogen and oxygen atoms in total. The third-order valence-corrected chi connectivity index (χ3v) is 4.34. The Morgan fingerprint density at radius 2 is 2.12 bits per heavy atom. The Morgan fingerprint density at radius 3 is 2.96 bits per heavy atom. The van der Waals surface area contributed by atoms with Crippen molar-refractivity contribution in [1.82, 2.24) is 24.8 Å². The largest absolute Gasteiger partial charge is 0.361 e. The Kier molecular flexibility index (Phi) is 4.20. The van der Waals surface area contributed by atoms with E-state index >= 15 is 0 Å². The Balaban J connectivity index is 1.65. The van der Waals surface area contributed by atoms with Crippen molar-refractivity contribution in [3.05, 3.63) is 72.2 Å². The van der Waals surface area contributed by atoms with Gasteiger partial charge in [0, 0.05) is 31.0 Å². The van der Waals surface area contributed by atoms with Gasteiger partial charge >= 0.3 is 0 Å². The second-order valence-corrected chi connectivity index (χ2v) is 5.94. The lowest BCUT2D eigenvalue weighted by molar-refractivity contribution is 0.596. The zero-order chi connectivity index (χ0) is 16.2. The van der Waals surface area contributed by atoms with E-state index in [2.05, 4.69) is 54.4 Å². The van der Waals surface area contributed by atoms with E-state index in [1.54, 1.807) is 12.5 Å². The summed E-state index contributed by atoms with van der Waals surface area (Å²) >= 11 is 0. The van der Waals surface area contributed by atoms with Crippen LogP contribution in [0.25, 0.3) is 0 Å². The molecule has 3 heterocycles. The van der Waals surface area contributed by atoms with Gasteiger partial charge in [0.1, 0.15) is 12.1 Å². The maximum absolute atomic E-state index is 4.51. The van der Waals surface area contributed by atoms with Gasteiger partial charge < -0.3 is 15.2 Å². The maximum Gasteiger partial charge on any atom is 0.133 e. The summed E-state index contributed by atoms with van der Waals surface area (Å²) in [5.74, 6) is 0.940. The second-order valence-electron chi connectivity index (χ2n) is 5.94. The van der Waals surface area contributed by atoms with Gasteiger partial charge in [-0.15, -0.1) is 0 Å². The van der Waals surface area contributed by atoms with Gasteiger partial charge in [-0.3, -0.25) is 0 Å². The summed E-state index contributed by atoms with van der Waals surface area (Å²) in [6, 6.07) is 10.6. The van der Waals surface area contributed by atoms with Gasteiger partial charge in [0.15, 0.2) is 0 Å². The summed E-state index contributed by atoms with van der Waals surface area (Å²) in [6.45, 7) is 2.57. The SMILES string of the molecule is c1ccc([C@@H](Cn2ccnc2)Nc2ncnc3c2CCNC3)cc1. The van der Waals surface area contributed by atoms with Crippen molar-refractivity contribution in [1.29, 1.82) is 0 Å². The van der Waals surface area contributed by atoms with E-state index in [9.17, 15) is 0 Å². The van der Waals surface area contributed by atoms with Gasteiger partial charge in [0.05, 0.1) is 18.1 Å². The molecule has 0 aliphatic carbocycles. The van der Waals surface area contributed by atoms with Crippen LogP contribution in [0.1, 0.15) is 22.9 Å². The minimum absolute atomic E-state index is 0.120. The smallest absolute Gasteiger partial charge is 0.133 e. The van der Waals surface area contributed by atoms with Crippen LogP contribution in [0.5, 0.6) is 0 Å². The molecule has 6 heteroatoms. The molecule has 0 amide bonds. The van der Waals surface area contributed by atoms with E-state index in [-0.39, 0.29) is 6.04 Å². The minimum Gasteiger partial charge on any atom is -0.361 e. The van der Waals surface area contributed by atoms with Crippen LogP contribution in [0, 0.1) is 0 Å². The van der Waals surface area contributed by atoms with Gasteiger partial charge in [-0.25, -0.2) is 15.0 Å². The van der Waals surface area contributed by atoms with Crippen LogP contribution in [0.4, 0.5) is 5.82 Å². The summed E-state index contributed by atoms with van der Waals surface area (Å²) < 4.78 is 2.08. The number of hydrogen-bond acceptors (Lipinski definition) is 5. The molecule has 2 aromatic heterocycles. The van der Waals surface area contributed by atoms with Crippen LogP contribution in [0.2, 0.25) is 0 Å². The fraction of sp³-hybridized carbons (Fsp3) is 0.278. The molecule has 1 aliphatic rings. The number of anilines is 1. The standard InChI is InChI=1S/C18H20N6/c1-2-4-14(5-3-1)17(11-24-9-8-20-13-24)23-18-15-6-7-19-10-16(15)21-12-22-18/h1-5,8-9,12-13,17,19H,6-7,10-11H2,(H,21,22,23)/t17-/m1/s1. The van der Waals surface area contributed by atoms with E-state index in [0.717, 1.165) is 37.6 Å². The fourth-order valence-corrected chi connectivity index (χ4v) is 3.10. The number of fused-ring (bicyclic) bond motifs is 1. The van der Waals surface area contributed by atoms with Crippen LogP contribution in [-0.2, 0) is 19.5 Å². The lowest BCUT2D eigenvalue weighted by Gasteiger charge is -2.24. The maximum atomic E-state index is 4.51. The van der Waals surface area contributed by atoms with Gasteiger partial charge in [0.2, 0.25) is 0 Å². The number of nitrogens with one attached hydrogen (secondary N) is 2. The topological polar surface area (TPSA) is 67.7 Å². The molecular formula is C18H20N6. The molecule has 2 N–H and O–H groups in total. The predicted octanol–water partition coefficient (Wildman–Crippen LogP) is 2.17. The molecular weight excluding hydrogens is 300 g/mol. The fourth-order valence-electron chi connectivity index (χ4n) is 3.10. The molecule has 0 bridgehead atoms. The number of nitrogens with zero attached hydrogens (tertiary/aromatic N) is 4. The third-order valence-electron chi connectivity index (χ3n) is 4.34. The van der Waals surface area contributed by atoms with Crippen molar-refractivity contribution in [3.63, 3.8) is 0 Å². The molecule has 0 spiro atoms. The first-order chi connectivity index (χ1) is 11.9. The zero-order valence-corrected chi connectivity index (χ0v) is 13.4. The van der Waals surface area contributed by atoms with Crippen LogP contribution in [-0.4, -0.2) is 26.1 Å². The molecule has 122 valence electrons. The molecule has 0 saturated heterocycles. The summed E-state index contributed by atoms with van der Waals surface area (Å²) in [6.07, 6.45) is 8.23. The van der Waals surface area contributed by atoms with E-state index in [1.807, 2.05) is 18.6 Å². The molecule has 0 unspecified atom stereocenters. The Morgan fingerprint density at radius 1 is 1.21 bits per heavy atom. The minimum atomic E-state index is 0.120. The van der Waals surface area contributed by atoms with Gasteiger partial charge in [-0.2, -0.15) is 0 Å². The summed E-state index contributed by atoms with van der Waals surface area (Å²) in [5.41, 5.74) is 3.54. The quantitative estimate of drug-likeness (QED) is 0.754. The Labute approximate surface area is 141 Å². The molecule has 1 atom stereocenters. The number of imidazole rings is 1. The molecule has 0 fully saturated rings. The van der Waals surface area contributed by atoms with Crippen LogP contribution >= 0.6 is 0 Å². The highest BCUT2D eigenvalue weighted by Crippen LogP contribution is 2.25. The van der Waals surface area contributed by atoms with E-state index in [1.165, 1.54) is 11.1 Å². The molecule has 1 aromatic carbocycles. The summed E-state index contributed by atoms with van der Waals surface area (Å²) in [7, 11) is 0. The molecule has 24 heavy (non-hydrogen) atoms. The van der Waals surface area contributed by atoms with Crippen molar-refractivity contribution in [2.75, 3.05) is 11.9 Å². The van der Waals surface area contributed by atoms with Crippen molar-refractivity contribution in [2.45, 2.75) is 25.6 Å². The molecule has 0 saturated carbocycles. The lowest BCUT2D eigenvalue weighted by atomic mass is 10.0. The Hall–Kier alpha value is -2.73. The number of rotatable bonds is 5. The van der Waals surface area contributed by atoms with Crippen LogP contribution in [0.3, 0.4) is 0 Å². The first-order valence-electron chi connectivity index (χ1n) is 8.21. The van der Waals surface area contributed by atoms with Gasteiger partial charge in [0.25, 0.3) is 0 Å². The average Bonchev–Trinajstić information content (AvgIpc) is 3.15. The average molecular weight is 320 g/mol. The number of aromatic nitrogens is 4. The van der Waals surface area contributed by atoms with Crippen molar-refractivity contribution >= 4 is 5.82 Å². The summed E-state index contributed by atoms with van der Waals surface area (Å²) in [5, 5.41) is 6.99. The number of hydrogen-bond donors (Lipinski definition) is 2. The van der Waals surface area contributed by atoms with Gasteiger partial charge in [-0.05, 0) is 18.5 Å². The molecule has 3 aromatic rings. The first-order valence-corrected chi connectivity index (χ1v) is 8.21. The zero-order valence-electron chi connectivity index (χ0n) is 13.4. The normalized spacial score (nSPS) is 14.8.